The van der Waals surface area contributed by atoms with E-state index in [0.29, 0.717) is 0 Å². The Balaban J connectivity index is 3.34. The Morgan fingerprint density at radius 2 is 1.86 bits per heavy atom. The van der Waals surface area contributed by atoms with Gasteiger partial charge in [-0.25, -0.2) is 0 Å². The lowest BCUT2D eigenvalue weighted by atomic mass is 11.4. The Morgan fingerprint density at radius 3 is 1.86 bits per heavy atom. The lowest BCUT2D eigenvalue weighted by Crippen LogP contribution is -2.24. The quantitative estimate of drug-likeness (QED) is 0.382. The minimum Gasteiger partial charge on any atom is -0.304 e. The summed E-state index contributed by atoms with van der Waals surface area (Å²) in [5.41, 5.74) is 0. The Bertz CT molecular complexity index is 63.0. The van der Waals surface area contributed by atoms with E-state index >= 15 is 0 Å². The van der Waals surface area contributed by atoms with E-state index < -0.39 is 8.07 Å². The molecule has 0 heterocycles. The van der Waals surface area contributed by atoms with Crippen LogP contribution in [0.4, 0.5) is 0 Å². The van der Waals surface area contributed by atoms with Gasteiger partial charge in [-0.2, -0.15) is 0 Å². The van der Waals surface area contributed by atoms with Gasteiger partial charge in [0.05, 0.1) is 8.07 Å². The predicted octanol–water partition coefficient (Wildman–Crippen LogP) is 1.56. The van der Waals surface area contributed by atoms with Gasteiger partial charge in [0.15, 0.2) is 0 Å². The highest BCUT2D eigenvalue weighted by atomic mass is 28.3. The molecule has 2 heteroatoms. The summed E-state index contributed by atoms with van der Waals surface area (Å²) in [6, 6.07) is 0. The van der Waals surface area contributed by atoms with Crippen LogP contribution in [0.15, 0.2) is 4.99 Å². The standard InChI is InChI=1S/C5H13NSi/c1-6-5-7(2,3)4/h1,5H2,2-4H3. The van der Waals surface area contributed by atoms with E-state index in [1.54, 1.807) is 0 Å². The van der Waals surface area contributed by atoms with Crippen molar-refractivity contribution < 1.29 is 0 Å². The molecule has 0 aliphatic carbocycles. The maximum Gasteiger partial charge on any atom is 0.0692 e. The van der Waals surface area contributed by atoms with E-state index in [2.05, 4.69) is 31.4 Å². The van der Waals surface area contributed by atoms with Crippen LogP contribution in [0, 0.1) is 0 Å². The van der Waals surface area contributed by atoms with E-state index in [1.807, 2.05) is 0 Å². The number of aliphatic imine (C=N–C) groups is 1. The summed E-state index contributed by atoms with van der Waals surface area (Å²) in [5.74, 6) is 0. The first-order valence-corrected chi connectivity index (χ1v) is 6.19. The molecule has 0 aromatic carbocycles. The Labute approximate surface area is 46.5 Å². The van der Waals surface area contributed by atoms with Gasteiger partial charge in [-0.15, -0.1) is 0 Å². The van der Waals surface area contributed by atoms with E-state index in [4.69, 9.17) is 0 Å². The first kappa shape index (κ1) is 6.89. The zero-order valence-corrected chi connectivity index (χ0v) is 6.36. The van der Waals surface area contributed by atoms with Gasteiger partial charge in [0.2, 0.25) is 0 Å². The third-order valence-electron chi connectivity index (χ3n) is 0.586. The zero-order chi connectivity index (χ0) is 5.91. The summed E-state index contributed by atoms with van der Waals surface area (Å²) >= 11 is 0. The second kappa shape index (κ2) is 2.26. The molecule has 0 aliphatic heterocycles. The molecule has 0 saturated heterocycles. The average molecular weight is 115 g/mol. The van der Waals surface area contributed by atoms with Crippen molar-refractivity contribution in [3.63, 3.8) is 0 Å². The van der Waals surface area contributed by atoms with Gasteiger partial charge in [0.25, 0.3) is 0 Å². The molecular weight excluding hydrogens is 102 g/mol. The second-order valence-electron chi connectivity index (χ2n) is 2.94. The highest BCUT2D eigenvalue weighted by Gasteiger charge is 2.09. The molecule has 0 rings (SSSR count). The van der Waals surface area contributed by atoms with Gasteiger partial charge in [-0.05, 0) is 6.72 Å². The summed E-state index contributed by atoms with van der Waals surface area (Å²) in [6.45, 7) is 10.3. The third kappa shape index (κ3) is 5.89. The van der Waals surface area contributed by atoms with Gasteiger partial charge in [0.1, 0.15) is 0 Å². The minimum absolute atomic E-state index is 0.886. The first-order chi connectivity index (χ1) is 3.06. The van der Waals surface area contributed by atoms with Crippen LogP contribution in [0.25, 0.3) is 0 Å². The molecule has 0 bridgehead atoms. The molecule has 0 atom stereocenters. The minimum atomic E-state index is -0.886. The number of rotatable bonds is 2. The molecule has 0 saturated carbocycles. The molecule has 0 radical (unpaired) electrons. The molecule has 0 spiro atoms. The van der Waals surface area contributed by atoms with Crippen molar-refractivity contribution in [3.8, 4) is 0 Å². The van der Waals surface area contributed by atoms with Gasteiger partial charge in [-0.1, -0.05) is 19.6 Å². The molecule has 0 fully saturated rings. The molecular formula is C5H13NSi. The van der Waals surface area contributed by atoms with E-state index in [-0.39, 0.29) is 0 Å². The van der Waals surface area contributed by atoms with Crippen LogP contribution < -0.4 is 0 Å². The van der Waals surface area contributed by atoms with Crippen molar-refractivity contribution in [3.05, 3.63) is 0 Å². The Hall–Kier alpha value is -0.113. The summed E-state index contributed by atoms with van der Waals surface area (Å²) in [5, 5.41) is 0. The van der Waals surface area contributed by atoms with Crippen LogP contribution >= 0.6 is 0 Å². The number of hydrogen-bond acceptors (Lipinski definition) is 1. The molecule has 1 nitrogen and oxygen atoms in total. The highest BCUT2D eigenvalue weighted by Crippen LogP contribution is 1.98. The molecule has 0 aromatic heterocycles. The molecule has 0 unspecified atom stereocenters. The number of hydrogen-bond donors (Lipinski definition) is 0. The van der Waals surface area contributed by atoms with Gasteiger partial charge < -0.3 is 4.99 Å². The van der Waals surface area contributed by atoms with Crippen LogP contribution in [-0.2, 0) is 0 Å². The van der Waals surface area contributed by atoms with E-state index in [0.717, 1.165) is 6.17 Å². The van der Waals surface area contributed by atoms with Crippen molar-refractivity contribution >= 4 is 14.8 Å². The van der Waals surface area contributed by atoms with Crippen LogP contribution in [0.2, 0.25) is 19.6 Å². The molecule has 7 heavy (non-hydrogen) atoms. The zero-order valence-electron chi connectivity index (χ0n) is 5.36. The van der Waals surface area contributed by atoms with Crippen LogP contribution in [0.1, 0.15) is 0 Å². The SMILES string of the molecule is C=NC[Si](C)(C)C. The fraction of sp³-hybridized carbons (Fsp3) is 0.800. The Kier molecular flexibility index (Phi) is 2.22. The van der Waals surface area contributed by atoms with E-state index in [9.17, 15) is 0 Å². The van der Waals surface area contributed by atoms with Crippen molar-refractivity contribution in [1.29, 1.82) is 0 Å². The van der Waals surface area contributed by atoms with Crippen molar-refractivity contribution in [1.82, 2.24) is 0 Å². The Morgan fingerprint density at radius 1 is 1.43 bits per heavy atom. The smallest absolute Gasteiger partial charge is 0.0692 e. The monoisotopic (exact) mass is 115 g/mol. The van der Waals surface area contributed by atoms with Crippen molar-refractivity contribution in [2.45, 2.75) is 19.6 Å². The topological polar surface area (TPSA) is 12.4 Å². The molecule has 0 aliphatic rings. The summed E-state index contributed by atoms with van der Waals surface area (Å²) in [6.07, 6.45) is 0.993. The van der Waals surface area contributed by atoms with Crippen molar-refractivity contribution in [2.75, 3.05) is 6.17 Å². The third-order valence-corrected chi connectivity index (χ3v) is 1.76. The van der Waals surface area contributed by atoms with Crippen LogP contribution in [0.5, 0.6) is 0 Å². The van der Waals surface area contributed by atoms with Crippen molar-refractivity contribution in [2.24, 2.45) is 4.99 Å². The fourth-order valence-electron chi connectivity index (χ4n) is 0.335. The molecule has 42 valence electrons. The molecule has 0 N–H and O–H groups in total. The second-order valence-corrected chi connectivity index (χ2v) is 8.38. The molecule has 0 amide bonds. The van der Waals surface area contributed by atoms with Crippen LogP contribution in [-0.4, -0.2) is 21.0 Å². The summed E-state index contributed by atoms with van der Waals surface area (Å²) in [4.78, 5) is 3.82. The average Bonchev–Trinajstić information content (AvgIpc) is 1.30. The van der Waals surface area contributed by atoms with Gasteiger partial charge in [0, 0.05) is 6.17 Å². The maximum atomic E-state index is 3.82. The lowest BCUT2D eigenvalue weighted by Gasteiger charge is -2.09. The fourth-order valence-corrected chi connectivity index (χ4v) is 1.01. The summed E-state index contributed by atoms with van der Waals surface area (Å²) in [7, 11) is -0.886. The van der Waals surface area contributed by atoms with Crippen LogP contribution in [0.3, 0.4) is 0 Å². The largest absolute Gasteiger partial charge is 0.304 e. The lowest BCUT2D eigenvalue weighted by molar-refractivity contribution is 1.31. The molecule has 0 aromatic rings. The normalized spacial score (nSPS) is 11.3. The van der Waals surface area contributed by atoms with E-state index in [1.165, 1.54) is 0 Å². The highest BCUT2D eigenvalue weighted by molar-refractivity contribution is 6.76. The predicted molar refractivity (Wildman–Crippen MR) is 37.8 cm³/mol. The number of nitrogens with zero attached hydrogens (tertiary/aromatic N) is 1. The summed E-state index contributed by atoms with van der Waals surface area (Å²) < 4.78 is 0. The first-order valence-electron chi connectivity index (χ1n) is 2.49. The maximum absolute atomic E-state index is 3.82. The van der Waals surface area contributed by atoms with Gasteiger partial charge >= 0.3 is 0 Å². The van der Waals surface area contributed by atoms with Gasteiger partial charge in [-0.3, -0.25) is 0 Å².